The van der Waals surface area contributed by atoms with Gasteiger partial charge in [-0.25, -0.2) is 4.98 Å². The highest BCUT2D eigenvalue weighted by molar-refractivity contribution is 5.94. The maximum atomic E-state index is 12.2. The van der Waals surface area contributed by atoms with Crippen LogP contribution in [0.3, 0.4) is 0 Å². The minimum atomic E-state index is -0.0855. The van der Waals surface area contributed by atoms with Crippen molar-refractivity contribution in [2.75, 3.05) is 18.0 Å². The molecule has 26 heavy (non-hydrogen) atoms. The van der Waals surface area contributed by atoms with E-state index in [2.05, 4.69) is 22.1 Å². The molecule has 1 aromatic carbocycles. The van der Waals surface area contributed by atoms with E-state index in [1.165, 1.54) is 12.8 Å². The summed E-state index contributed by atoms with van der Waals surface area (Å²) in [6.07, 6.45) is 4.30. The van der Waals surface area contributed by atoms with Gasteiger partial charge in [0.1, 0.15) is 5.82 Å². The molecule has 2 heterocycles. The molecule has 3 rings (SSSR count). The van der Waals surface area contributed by atoms with Crippen LogP contribution in [0.2, 0.25) is 0 Å². The predicted molar refractivity (Wildman–Crippen MR) is 108 cm³/mol. The second kappa shape index (κ2) is 9.55. The third-order valence-corrected chi connectivity index (χ3v) is 4.82. The molecule has 140 valence electrons. The second-order valence-corrected chi connectivity index (χ2v) is 6.78. The maximum Gasteiger partial charge on any atom is 0.251 e. The van der Waals surface area contributed by atoms with E-state index in [1.54, 1.807) is 12.1 Å². The smallest absolute Gasteiger partial charge is 0.251 e. The van der Waals surface area contributed by atoms with Gasteiger partial charge in [-0.15, -0.1) is 12.4 Å². The Morgan fingerprint density at radius 3 is 2.38 bits per heavy atom. The summed E-state index contributed by atoms with van der Waals surface area (Å²) in [6, 6.07) is 11.5. The van der Waals surface area contributed by atoms with E-state index in [0.29, 0.717) is 18.7 Å². The van der Waals surface area contributed by atoms with Crippen LogP contribution in [-0.4, -0.2) is 24.0 Å². The Labute approximate surface area is 161 Å². The quantitative estimate of drug-likeness (QED) is 0.843. The second-order valence-electron chi connectivity index (χ2n) is 6.78. The maximum absolute atomic E-state index is 12.2. The number of benzene rings is 1. The Bertz CT molecular complexity index is 695. The van der Waals surface area contributed by atoms with Crippen LogP contribution in [0.1, 0.15) is 41.3 Å². The molecular weight excluding hydrogens is 348 g/mol. The number of nitrogens with zero attached hydrogens (tertiary/aromatic N) is 2. The highest BCUT2D eigenvalue weighted by Gasteiger charge is 2.16. The molecule has 0 radical (unpaired) electrons. The van der Waals surface area contributed by atoms with Gasteiger partial charge in [-0.05, 0) is 48.1 Å². The highest BCUT2D eigenvalue weighted by atomic mass is 35.5. The molecule has 2 aromatic rings. The zero-order valence-corrected chi connectivity index (χ0v) is 16.0. The number of carbonyl (C=O) groups is 1. The third kappa shape index (κ3) is 5.19. The van der Waals surface area contributed by atoms with Gasteiger partial charge in [-0.1, -0.05) is 25.1 Å². The van der Waals surface area contributed by atoms with Crippen molar-refractivity contribution in [2.45, 2.75) is 32.9 Å². The van der Waals surface area contributed by atoms with Crippen molar-refractivity contribution < 1.29 is 4.79 Å². The fraction of sp³-hybridized carbons (Fsp3) is 0.400. The summed E-state index contributed by atoms with van der Waals surface area (Å²) < 4.78 is 0. The van der Waals surface area contributed by atoms with Crippen LogP contribution in [0, 0.1) is 5.92 Å². The van der Waals surface area contributed by atoms with E-state index in [-0.39, 0.29) is 18.3 Å². The predicted octanol–water partition coefficient (Wildman–Crippen LogP) is 3.13. The van der Waals surface area contributed by atoms with Gasteiger partial charge in [0.15, 0.2) is 0 Å². The number of hydrogen-bond donors (Lipinski definition) is 2. The lowest BCUT2D eigenvalue weighted by Crippen LogP contribution is -2.33. The number of hydrogen-bond acceptors (Lipinski definition) is 4. The molecule has 1 saturated heterocycles. The number of piperidine rings is 1. The number of rotatable bonds is 5. The fourth-order valence-electron chi connectivity index (χ4n) is 3.02. The minimum Gasteiger partial charge on any atom is -0.357 e. The first kappa shape index (κ1) is 20.2. The van der Waals surface area contributed by atoms with Crippen LogP contribution in [-0.2, 0) is 13.1 Å². The molecule has 0 unspecified atom stereocenters. The number of amides is 1. The summed E-state index contributed by atoms with van der Waals surface area (Å²) in [5.41, 5.74) is 8.23. The number of nitrogens with two attached hydrogens (primary N) is 1. The van der Waals surface area contributed by atoms with E-state index >= 15 is 0 Å². The summed E-state index contributed by atoms with van der Waals surface area (Å²) in [5.74, 6) is 1.75. The number of nitrogens with one attached hydrogen (secondary N) is 1. The topological polar surface area (TPSA) is 71.2 Å². The first-order valence-corrected chi connectivity index (χ1v) is 8.93. The summed E-state index contributed by atoms with van der Waals surface area (Å²) in [7, 11) is 0. The molecule has 1 amide bonds. The monoisotopic (exact) mass is 374 g/mol. The molecule has 0 saturated carbocycles. The molecule has 1 aliphatic heterocycles. The Kier molecular flexibility index (Phi) is 7.42. The normalized spacial score (nSPS) is 14.6. The van der Waals surface area contributed by atoms with Gasteiger partial charge in [0.05, 0.1) is 0 Å². The Morgan fingerprint density at radius 1 is 1.15 bits per heavy atom. The number of anilines is 1. The largest absolute Gasteiger partial charge is 0.357 e. The highest BCUT2D eigenvalue weighted by Crippen LogP contribution is 2.21. The van der Waals surface area contributed by atoms with Crippen LogP contribution >= 0.6 is 12.4 Å². The summed E-state index contributed by atoms with van der Waals surface area (Å²) >= 11 is 0. The van der Waals surface area contributed by atoms with Crippen LogP contribution in [0.4, 0.5) is 5.82 Å². The number of halogens is 1. The molecule has 5 nitrogen and oxygen atoms in total. The lowest BCUT2D eigenvalue weighted by molar-refractivity contribution is 0.0951. The van der Waals surface area contributed by atoms with Gasteiger partial charge >= 0.3 is 0 Å². The van der Waals surface area contributed by atoms with Crippen molar-refractivity contribution in [1.29, 1.82) is 0 Å². The van der Waals surface area contributed by atoms with Gasteiger partial charge < -0.3 is 16.0 Å². The Hall–Kier alpha value is -2.11. The van der Waals surface area contributed by atoms with Gasteiger partial charge in [-0.2, -0.15) is 0 Å². The first-order valence-electron chi connectivity index (χ1n) is 8.93. The molecule has 6 heteroatoms. The molecule has 0 atom stereocenters. The molecule has 0 spiro atoms. The van der Waals surface area contributed by atoms with Crippen LogP contribution < -0.4 is 16.0 Å². The lowest BCUT2D eigenvalue weighted by atomic mass is 9.99. The summed E-state index contributed by atoms with van der Waals surface area (Å²) in [6.45, 7) is 5.41. The van der Waals surface area contributed by atoms with E-state index < -0.39 is 0 Å². The molecule has 0 aliphatic carbocycles. The molecular formula is C20H27ClN4O. The average Bonchev–Trinajstić information content (AvgIpc) is 2.67. The molecule has 1 aromatic heterocycles. The van der Waals surface area contributed by atoms with Gasteiger partial charge in [0.2, 0.25) is 0 Å². The molecule has 1 aliphatic rings. The third-order valence-electron chi connectivity index (χ3n) is 4.82. The van der Waals surface area contributed by atoms with E-state index in [0.717, 1.165) is 36.0 Å². The van der Waals surface area contributed by atoms with Gasteiger partial charge in [0, 0.05) is 37.9 Å². The van der Waals surface area contributed by atoms with Crippen molar-refractivity contribution in [2.24, 2.45) is 11.7 Å². The van der Waals surface area contributed by atoms with Crippen LogP contribution in [0.25, 0.3) is 0 Å². The Morgan fingerprint density at radius 2 is 1.81 bits per heavy atom. The van der Waals surface area contributed by atoms with Gasteiger partial charge in [-0.3, -0.25) is 4.79 Å². The minimum absolute atomic E-state index is 0. The van der Waals surface area contributed by atoms with Crippen LogP contribution in [0.15, 0.2) is 42.6 Å². The number of aromatic nitrogens is 1. The first-order chi connectivity index (χ1) is 12.2. The number of carbonyl (C=O) groups excluding carboxylic acids is 1. The molecule has 0 bridgehead atoms. The average molecular weight is 375 g/mol. The lowest BCUT2D eigenvalue weighted by Gasteiger charge is -2.31. The van der Waals surface area contributed by atoms with Crippen molar-refractivity contribution in [3.8, 4) is 0 Å². The van der Waals surface area contributed by atoms with Crippen molar-refractivity contribution >= 4 is 24.1 Å². The van der Waals surface area contributed by atoms with Crippen molar-refractivity contribution in [3.05, 3.63) is 59.3 Å². The van der Waals surface area contributed by atoms with Crippen LogP contribution in [0.5, 0.6) is 0 Å². The standard InChI is InChI=1S/C20H26N4O.ClH/c1-15-8-10-24(11-9-15)19-7-4-17(13-22-19)14-23-20(25)18-5-2-16(12-21)3-6-18;/h2-7,13,15H,8-12,14,21H2,1H3,(H,23,25);1H. The van der Waals surface area contributed by atoms with Crippen molar-refractivity contribution in [3.63, 3.8) is 0 Å². The Balaban J connectivity index is 0.00000243. The number of pyridine rings is 1. The fourth-order valence-corrected chi connectivity index (χ4v) is 3.02. The SMILES string of the molecule is CC1CCN(c2ccc(CNC(=O)c3ccc(CN)cc3)cn2)CC1.Cl. The summed E-state index contributed by atoms with van der Waals surface area (Å²) in [4.78, 5) is 19.1. The summed E-state index contributed by atoms with van der Waals surface area (Å²) in [5, 5.41) is 2.93. The zero-order valence-electron chi connectivity index (χ0n) is 15.1. The molecule has 1 fully saturated rings. The zero-order chi connectivity index (χ0) is 17.6. The van der Waals surface area contributed by atoms with E-state index in [9.17, 15) is 4.79 Å². The van der Waals surface area contributed by atoms with Gasteiger partial charge in [0.25, 0.3) is 5.91 Å². The van der Waals surface area contributed by atoms with E-state index in [4.69, 9.17) is 5.73 Å². The van der Waals surface area contributed by atoms with E-state index in [1.807, 2.05) is 30.5 Å². The molecule has 3 N–H and O–H groups in total. The van der Waals surface area contributed by atoms with Crippen molar-refractivity contribution in [1.82, 2.24) is 10.3 Å².